The van der Waals surface area contributed by atoms with Crippen molar-refractivity contribution in [2.75, 3.05) is 30.7 Å². The monoisotopic (exact) mass is 313 g/mol. The van der Waals surface area contributed by atoms with Gasteiger partial charge in [-0.3, -0.25) is 0 Å². The van der Waals surface area contributed by atoms with Crippen LogP contribution < -0.4 is 25.8 Å². The first kappa shape index (κ1) is 14.1. The summed E-state index contributed by atoms with van der Waals surface area (Å²) in [5, 5.41) is 6.64. The van der Waals surface area contributed by atoms with Crippen LogP contribution in [-0.2, 0) is 13.0 Å². The largest absolute Gasteiger partial charge is 0.486 e. The number of ether oxygens (including phenoxy) is 2. The summed E-state index contributed by atoms with van der Waals surface area (Å²) >= 11 is 0. The Morgan fingerprint density at radius 1 is 1.26 bits per heavy atom. The van der Waals surface area contributed by atoms with Crippen LogP contribution in [-0.4, -0.2) is 35.8 Å². The third-order valence-electron chi connectivity index (χ3n) is 4.02. The molecule has 1 aromatic heterocycles. The van der Waals surface area contributed by atoms with Crippen molar-refractivity contribution in [1.29, 1.82) is 0 Å². The molecule has 1 unspecified atom stereocenters. The fourth-order valence-corrected chi connectivity index (χ4v) is 2.90. The average molecular weight is 313 g/mol. The van der Waals surface area contributed by atoms with Gasteiger partial charge in [-0.25, -0.2) is 4.98 Å². The number of anilines is 2. The summed E-state index contributed by atoms with van der Waals surface area (Å²) in [6.45, 7) is 2.76. The third-order valence-corrected chi connectivity index (χ3v) is 4.02. The zero-order valence-corrected chi connectivity index (χ0v) is 12.7. The van der Waals surface area contributed by atoms with Crippen molar-refractivity contribution in [3.8, 4) is 11.5 Å². The Labute approximate surface area is 134 Å². The molecule has 0 aliphatic carbocycles. The molecule has 0 radical (unpaired) electrons. The lowest BCUT2D eigenvalue weighted by atomic mass is 10.1. The van der Waals surface area contributed by atoms with Gasteiger partial charge < -0.3 is 25.8 Å². The van der Waals surface area contributed by atoms with E-state index in [0.717, 1.165) is 48.1 Å². The Morgan fingerprint density at radius 2 is 2.13 bits per heavy atom. The molecule has 0 bridgehead atoms. The number of hydrogen-bond donors (Lipinski definition) is 3. The number of nitrogens with one attached hydrogen (secondary N) is 2. The second kappa shape index (κ2) is 5.92. The molecule has 0 amide bonds. The number of nitrogens with zero attached hydrogens (tertiary/aromatic N) is 2. The first-order chi connectivity index (χ1) is 11.3. The molecule has 23 heavy (non-hydrogen) atoms. The predicted octanol–water partition coefficient (Wildman–Crippen LogP) is 0.956. The molecule has 3 heterocycles. The van der Waals surface area contributed by atoms with E-state index in [2.05, 4.69) is 20.6 Å². The fraction of sp³-hybridized carbons (Fsp3) is 0.375. The van der Waals surface area contributed by atoms with Crippen molar-refractivity contribution >= 4 is 11.8 Å². The lowest BCUT2D eigenvalue weighted by Gasteiger charge is -2.27. The van der Waals surface area contributed by atoms with Crippen molar-refractivity contribution in [1.82, 2.24) is 15.3 Å². The molecule has 1 atom stereocenters. The number of rotatable bonds is 3. The molecule has 1 aromatic carbocycles. The van der Waals surface area contributed by atoms with Crippen molar-refractivity contribution in [2.24, 2.45) is 0 Å². The minimum atomic E-state index is -0.0709. The van der Waals surface area contributed by atoms with Crippen LogP contribution in [0.3, 0.4) is 0 Å². The fourth-order valence-electron chi connectivity index (χ4n) is 2.90. The Morgan fingerprint density at radius 3 is 3.04 bits per heavy atom. The molecule has 120 valence electrons. The molecule has 0 fully saturated rings. The number of hydrogen-bond acceptors (Lipinski definition) is 7. The molecule has 2 aliphatic heterocycles. The summed E-state index contributed by atoms with van der Waals surface area (Å²) in [4.78, 5) is 8.65. The van der Waals surface area contributed by atoms with Gasteiger partial charge in [-0.1, -0.05) is 12.1 Å². The third kappa shape index (κ3) is 2.87. The Bertz CT molecular complexity index is 722. The predicted molar refractivity (Wildman–Crippen MR) is 86.7 cm³/mol. The van der Waals surface area contributed by atoms with Crippen LogP contribution in [0.15, 0.2) is 24.3 Å². The molecule has 2 aliphatic rings. The molecular weight excluding hydrogens is 294 g/mol. The highest BCUT2D eigenvalue weighted by Crippen LogP contribution is 2.31. The summed E-state index contributed by atoms with van der Waals surface area (Å²) in [5.41, 5.74) is 7.91. The number of aromatic nitrogens is 2. The van der Waals surface area contributed by atoms with Gasteiger partial charge in [-0.2, -0.15) is 4.98 Å². The highest BCUT2D eigenvalue weighted by molar-refractivity contribution is 5.51. The van der Waals surface area contributed by atoms with E-state index in [1.165, 1.54) is 0 Å². The van der Waals surface area contributed by atoms with Crippen LogP contribution in [0.1, 0.15) is 11.3 Å². The smallest absolute Gasteiger partial charge is 0.222 e. The van der Waals surface area contributed by atoms with Gasteiger partial charge in [-0.05, 0) is 25.1 Å². The Kier molecular flexibility index (Phi) is 3.63. The highest BCUT2D eigenvalue weighted by atomic mass is 16.6. The quantitative estimate of drug-likeness (QED) is 0.777. The average Bonchev–Trinajstić information content (AvgIpc) is 2.59. The van der Waals surface area contributed by atoms with Crippen molar-refractivity contribution in [2.45, 2.75) is 19.1 Å². The summed E-state index contributed by atoms with van der Waals surface area (Å²) in [7, 11) is 0. The van der Waals surface area contributed by atoms with Gasteiger partial charge >= 0.3 is 0 Å². The standard InChI is InChI=1S/C16H19N5O2/c17-16-20-12-8-18-6-5-11(12)15(21-16)19-7-10-9-22-13-3-1-2-4-14(13)23-10/h1-4,10,18H,5-9H2,(H3,17,19,20,21). The number of fused-ring (bicyclic) bond motifs is 2. The molecule has 4 rings (SSSR count). The first-order valence-corrected chi connectivity index (χ1v) is 7.78. The SMILES string of the molecule is Nc1nc2c(c(NCC3COc4ccccc4O3)n1)CCNC2. The molecule has 0 spiro atoms. The maximum absolute atomic E-state index is 5.95. The van der Waals surface area contributed by atoms with Gasteiger partial charge in [0, 0.05) is 12.1 Å². The van der Waals surface area contributed by atoms with E-state index in [0.29, 0.717) is 19.1 Å². The summed E-state index contributed by atoms with van der Waals surface area (Å²) < 4.78 is 11.7. The van der Waals surface area contributed by atoms with Crippen LogP contribution in [0.5, 0.6) is 11.5 Å². The molecular formula is C16H19N5O2. The normalized spacial score (nSPS) is 19.0. The van der Waals surface area contributed by atoms with Crippen molar-refractivity contribution in [3.63, 3.8) is 0 Å². The van der Waals surface area contributed by atoms with E-state index in [4.69, 9.17) is 15.2 Å². The first-order valence-electron chi connectivity index (χ1n) is 7.78. The van der Waals surface area contributed by atoms with Gasteiger partial charge in [-0.15, -0.1) is 0 Å². The number of para-hydroxylation sites is 2. The van der Waals surface area contributed by atoms with E-state index in [1.807, 2.05) is 24.3 Å². The minimum Gasteiger partial charge on any atom is -0.486 e. The highest BCUT2D eigenvalue weighted by Gasteiger charge is 2.22. The zero-order chi connectivity index (χ0) is 15.6. The summed E-state index contributed by atoms with van der Waals surface area (Å²) in [5.74, 6) is 2.66. The number of benzene rings is 1. The van der Waals surface area contributed by atoms with Gasteiger partial charge in [0.2, 0.25) is 5.95 Å². The van der Waals surface area contributed by atoms with Crippen LogP contribution >= 0.6 is 0 Å². The van der Waals surface area contributed by atoms with Crippen LogP contribution in [0.4, 0.5) is 11.8 Å². The summed E-state index contributed by atoms with van der Waals surface area (Å²) in [6, 6.07) is 7.70. The van der Waals surface area contributed by atoms with Gasteiger partial charge in [0.25, 0.3) is 0 Å². The van der Waals surface area contributed by atoms with Crippen LogP contribution in [0.25, 0.3) is 0 Å². The second-order valence-electron chi connectivity index (χ2n) is 5.66. The molecule has 0 saturated carbocycles. The van der Waals surface area contributed by atoms with Crippen molar-refractivity contribution < 1.29 is 9.47 Å². The van der Waals surface area contributed by atoms with Gasteiger partial charge in [0.1, 0.15) is 18.5 Å². The van der Waals surface area contributed by atoms with E-state index in [9.17, 15) is 0 Å². The van der Waals surface area contributed by atoms with E-state index in [1.54, 1.807) is 0 Å². The van der Waals surface area contributed by atoms with Gasteiger partial charge in [0.05, 0.1) is 12.2 Å². The van der Waals surface area contributed by atoms with Gasteiger partial charge in [0.15, 0.2) is 11.5 Å². The number of nitrogens with two attached hydrogens (primary N) is 1. The maximum atomic E-state index is 5.95. The molecule has 7 heteroatoms. The topological polar surface area (TPSA) is 94.3 Å². The maximum Gasteiger partial charge on any atom is 0.222 e. The van der Waals surface area contributed by atoms with Crippen LogP contribution in [0.2, 0.25) is 0 Å². The zero-order valence-electron chi connectivity index (χ0n) is 12.7. The summed E-state index contributed by atoms with van der Waals surface area (Å²) in [6.07, 6.45) is 0.821. The van der Waals surface area contributed by atoms with E-state index in [-0.39, 0.29) is 6.10 Å². The molecule has 4 N–H and O–H groups in total. The lowest BCUT2D eigenvalue weighted by molar-refractivity contribution is 0.0997. The second-order valence-corrected chi connectivity index (χ2v) is 5.66. The molecule has 0 saturated heterocycles. The minimum absolute atomic E-state index is 0.0709. The number of nitrogen functional groups attached to an aromatic ring is 1. The molecule has 2 aromatic rings. The van der Waals surface area contributed by atoms with E-state index >= 15 is 0 Å². The molecule has 7 nitrogen and oxygen atoms in total. The van der Waals surface area contributed by atoms with Crippen LogP contribution in [0, 0.1) is 0 Å². The Hall–Kier alpha value is -2.54. The van der Waals surface area contributed by atoms with E-state index < -0.39 is 0 Å². The lowest BCUT2D eigenvalue weighted by Crippen LogP contribution is -2.36. The van der Waals surface area contributed by atoms with Crippen molar-refractivity contribution in [3.05, 3.63) is 35.5 Å². The Balaban J connectivity index is 1.47.